The fourth-order valence-electron chi connectivity index (χ4n) is 1.45. The van der Waals surface area contributed by atoms with Gasteiger partial charge in [0.05, 0.1) is 16.8 Å². The minimum absolute atomic E-state index is 0.119. The summed E-state index contributed by atoms with van der Waals surface area (Å²) in [6.45, 7) is 3.54. The maximum absolute atomic E-state index is 12.0. The van der Waals surface area contributed by atoms with E-state index in [1.807, 2.05) is 0 Å². The molecule has 2 aromatic heterocycles. The molecule has 0 unspecified atom stereocenters. The number of carbonyl (C=O) groups is 2. The summed E-state index contributed by atoms with van der Waals surface area (Å²) in [6.07, 6.45) is 0. The quantitative estimate of drug-likeness (QED) is 0.907. The first kappa shape index (κ1) is 12.7. The Kier molecular flexibility index (Phi) is 3.44. The highest BCUT2D eigenvalue weighted by Gasteiger charge is 2.18. The number of hydrogen-bond acceptors (Lipinski definition) is 5. The number of aromatic nitrogens is 1. The predicted octanol–water partition coefficient (Wildman–Crippen LogP) is 2.77. The van der Waals surface area contributed by atoms with Gasteiger partial charge in [-0.3, -0.25) is 4.79 Å². The molecular formula is C11H10N2O3S2. The number of thiazole rings is 1. The van der Waals surface area contributed by atoms with Gasteiger partial charge in [0, 0.05) is 4.88 Å². The minimum Gasteiger partial charge on any atom is -0.478 e. The van der Waals surface area contributed by atoms with Crippen molar-refractivity contribution in [2.75, 3.05) is 5.32 Å². The number of aromatic carboxylic acids is 1. The average molecular weight is 282 g/mol. The Morgan fingerprint density at radius 1 is 1.39 bits per heavy atom. The molecule has 2 aromatic rings. The van der Waals surface area contributed by atoms with E-state index >= 15 is 0 Å². The van der Waals surface area contributed by atoms with Crippen LogP contribution in [0.3, 0.4) is 0 Å². The van der Waals surface area contributed by atoms with E-state index in [4.69, 9.17) is 5.11 Å². The first-order valence-electron chi connectivity index (χ1n) is 5.04. The Morgan fingerprint density at radius 2 is 2.11 bits per heavy atom. The fraction of sp³-hybridized carbons (Fsp3) is 0.182. The molecule has 0 aliphatic heterocycles. The van der Waals surface area contributed by atoms with Crippen molar-refractivity contribution in [1.82, 2.24) is 4.98 Å². The molecule has 0 fully saturated rings. The van der Waals surface area contributed by atoms with Gasteiger partial charge >= 0.3 is 5.97 Å². The summed E-state index contributed by atoms with van der Waals surface area (Å²) in [7, 11) is 0. The number of aryl methyl sites for hydroxylation is 2. The molecule has 0 atom stereocenters. The molecule has 0 bridgehead atoms. The first-order valence-corrected chi connectivity index (χ1v) is 6.74. The number of carbonyl (C=O) groups excluding carboxylic acids is 1. The number of anilines is 1. The van der Waals surface area contributed by atoms with Crippen molar-refractivity contribution in [3.63, 3.8) is 0 Å². The molecule has 0 aliphatic rings. The molecule has 5 nitrogen and oxygen atoms in total. The fourth-order valence-corrected chi connectivity index (χ4v) is 3.04. The Morgan fingerprint density at radius 3 is 2.67 bits per heavy atom. The lowest BCUT2D eigenvalue weighted by Gasteiger charge is -2.02. The highest BCUT2D eigenvalue weighted by Crippen LogP contribution is 2.28. The third kappa shape index (κ3) is 2.41. The Balaban J connectivity index is 2.27. The lowest BCUT2D eigenvalue weighted by molar-refractivity contribution is 0.0698. The minimum atomic E-state index is -1.05. The van der Waals surface area contributed by atoms with E-state index in [0.717, 1.165) is 4.88 Å². The Hall–Kier alpha value is -1.73. The zero-order chi connectivity index (χ0) is 13.3. The molecule has 94 valence electrons. The summed E-state index contributed by atoms with van der Waals surface area (Å²) in [6, 6.07) is 1.54. The summed E-state index contributed by atoms with van der Waals surface area (Å²) in [4.78, 5) is 28.3. The second-order valence-electron chi connectivity index (χ2n) is 3.63. The van der Waals surface area contributed by atoms with E-state index in [2.05, 4.69) is 10.3 Å². The number of nitrogens with zero attached hydrogens (tertiary/aromatic N) is 1. The molecule has 0 saturated heterocycles. The summed E-state index contributed by atoms with van der Waals surface area (Å²) in [5.74, 6) is -1.37. The summed E-state index contributed by atoms with van der Waals surface area (Å²) >= 11 is 2.48. The van der Waals surface area contributed by atoms with E-state index < -0.39 is 5.97 Å². The topological polar surface area (TPSA) is 79.3 Å². The third-order valence-corrected chi connectivity index (χ3v) is 4.16. The molecule has 0 aliphatic carbocycles. The highest BCUT2D eigenvalue weighted by molar-refractivity contribution is 7.17. The maximum atomic E-state index is 12.0. The van der Waals surface area contributed by atoms with Crippen molar-refractivity contribution in [2.45, 2.75) is 13.8 Å². The molecule has 1 amide bonds. The van der Waals surface area contributed by atoms with Crippen molar-refractivity contribution in [3.05, 3.63) is 32.6 Å². The largest absolute Gasteiger partial charge is 0.478 e. The molecule has 0 spiro atoms. The molecule has 2 N–H and O–H groups in total. The standard InChI is InChI=1S/C11H10N2O3S2/c1-5-3-7(11(15)16)10(18-5)13-9(14)8-6(2)12-4-17-8/h3-4H,1-2H3,(H,13,14)(H,15,16). The van der Waals surface area contributed by atoms with Crippen LogP contribution in [0.4, 0.5) is 5.00 Å². The third-order valence-electron chi connectivity index (χ3n) is 2.26. The molecule has 0 radical (unpaired) electrons. The van der Waals surface area contributed by atoms with Crippen LogP contribution in [-0.2, 0) is 0 Å². The number of nitrogens with one attached hydrogen (secondary N) is 1. The lowest BCUT2D eigenvalue weighted by Crippen LogP contribution is -2.12. The first-order chi connectivity index (χ1) is 8.49. The van der Waals surface area contributed by atoms with Crippen LogP contribution < -0.4 is 5.32 Å². The van der Waals surface area contributed by atoms with Crippen molar-refractivity contribution < 1.29 is 14.7 Å². The zero-order valence-corrected chi connectivity index (χ0v) is 11.3. The summed E-state index contributed by atoms with van der Waals surface area (Å²) < 4.78 is 0. The van der Waals surface area contributed by atoms with Crippen molar-refractivity contribution >= 4 is 39.6 Å². The van der Waals surface area contributed by atoms with Crippen LogP contribution in [0.5, 0.6) is 0 Å². The molecule has 7 heteroatoms. The van der Waals surface area contributed by atoms with Gasteiger partial charge in [-0.2, -0.15) is 0 Å². The van der Waals surface area contributed by atoms with E-state index in [9.17, 15) is 9.59 Å². The van der Waals surface area contributed by atoms with Crippen LogP contribution in [0.1, 0.15) is 30.6 Å². The summed E-state index contributed by atoms with van der Waals surface area (Å²) in [5, 5.41) is 12.0. The van der Waals surface area contributed by atoms with Gasteiger partial charge in [0.2, 0.25) is 0 Å². The van der Waals surface area contributed by atoms with Crippen LogP contribution in [0, 0.1) is 13.8 Å². The van der Waals surface area contributed by atoms with Gasteiger partial charge in [-0.15, -0.1) is 22.7 Å². The number of hydrogen-bond donors (Lipinski definition) is 2. The smallest absolute Gasteiger partial charge is 0.338 e. The van der Waals surface area contributed by atoms with Crippen LogP contribution in [0.15, 0.2) is 11.6 Å². The van der Waals surface area contributed by atoms with Crippen LogP contribution >= 0.6 is 22.7 Å². The SMILES string of the molecule is Cc1cc(C(=O)O)c(NC(=O)c2scnc2C)s1. The summed E-state index contributed by atoms with van der Waals surface area (Å²) in [5.41, 5.74) is 2.35. The number of thiophene rings is 1. The Labute approximate surface area is 111 Å². The highest BCUT2D eigenvalue weighted by atomic mass is 32.1. The van der Waals surface area contributed by atoms with Gasteiger partial charge < -0.3 is 10.4 Å². The van der Waals surface area contributed by atoms with Crippen LogP contribution in [-0.4, -0.2) is 22.0 Å². The molecular weight excluding hydrogens is 272 g/mol. The second-order valence-corrected chi connectivity index (χ2v) is 5.74. The van der Waals surface area contributed by atoms with Gasteiger partial charge in [-0.25, -0.2) is 9.78 Å². The monoisotopic (exact) mass is 282 g/mol. The van der Waals surface area contributed by atoms with Gasteiger partial charge in [0.25, 0.3) is 5.91 Å². The van der Waals surface area contributed by atoms with Gasteiger partial charge in [-0.05, 0) is 19.9 Å². The lowest BCUT2D eigenvalue weighted by atomic mass is 10.3. The van der Waals surface area contributed by atoms with E-state index in [0.29, 0.717) is 15.6 Å². The van der Waals surface area contributed by atoms with Gasteiger partial charge in [0.1, 0.15) is 9.88 Å². The zero-order valence-electron chi connectivity index (χ0n) is 9.68. The van der Waals surface area contributed by atoms with E-state index in [1.54, 1.807) is 25.4 Å². The van der Waals surface area contributed by atoms with Gasteiger partial charge in [-0.1, -0.05) is 0 Å². The number of carboxylic acids is 1. The molecule has 2 heterocycles. The number of rotatable bonds is 3. The van der Waals surface area contributed by atoms with E-state index in [1.165, 1.54) is 22.7 Å². The van der Waals surface area contributed by atoms with Crippen LogP contribution in [0.2, 0.25) is 0 Å². The molecule has 0 saturated carbocycles. The van der Waals surface area contributed by atoms with Crippen molar-refractivity contribution in [2.24, 2.45) is 0 Å². The molecule has 0 aromatic carbocycles. The molecule has 2 rings (SSSR count). The molecule has 18 heavy (non-hydrogen) atoms. The van der Waals surface area contributed by atoms with Crippen LogP contribution in [0.25, 0.3) is 0 Å². The van der Waals surface area contributed by atoms with Crippen molar-refractivity contribution in [1.29, 1.82) is 0 Å². The normalized spacial score (nSPS) is 10.3. The maximum Gasteiger partial charge on any atom is 0.338 e. The predicted molar refractivity (Wildman–Crippen MR) is 70.8 cm³/mol. The second kappa shape index (κ2) is 4.87. The van der Waals surface area contributed by atoms with Crippen molar-refractivity contribution in [3.8, 4) is 0 Å². The average Bonchev–Trinajstić information content (AvgIpc) is 2.84. The Bertz CT molecular complexity index is 616. The number of carboxylic acid groups (broad SMARTS) is 1. The van der Waals surface area contributed by atoms with E-state index in [-0.39, 0.29) is 11.5 Å². The van der Waals surface area contributed by atoms with Gasteiger partial charge in [0.15, 0.2) is 0 Å². The number of amides is 1.